The maximum absolute atomic E-state index is 2.47. The van der Waals surface area contributed by atoms with Crippen molar-refractivity contribution in [3.05, 3.63) is 0 Å². The Hall–Kier alpha value is 0. The van der Waals surface area contributed by atoms with E-state index in [1.807, 2.05) is 0 Å². The third-order valence-electron chi connectivity index (χ3n) is 3.55. The Bertz CT molecular complexity index is 98.6. The number of hydrogen-bond acceptors (Lipinski definition) is 0. The van der Waals surface area contributed by atoms with Crippen molar-refractivity contribution in [2.45, 2.75) is 52.9 Å². The summed E-state index contributed by atoms with van der Waals surface area (Å²) in [7, 11) is 0. The van der Waals surface area contributed by atoms with Crippen LogP contribution in [0.25, 0.3) is 0 Å². The van der Waals surface area contributed by atoms with Gasteiger partial charge in [-0.1, -0.05) is 40.0 Å². The topological polar surface area (TPSA) is 0 Å². The van der Waals surface area contributed by atoms with Crippen molar-refractivity contribution in [2.75, 3.05) is 0 Å². The molecule has 0 spiro atoms. The zero-order valence-electron chi connectivity index (χ0n) is 7.61. The molecular weight excluding hydrogens is 120 g/mol. The molecule has 1 aliphatic rings. The lowest BCUT2D eigenvalue weighted by molar-refractivity contribution is 0.204. The SMILES string of the molecule is CCC(C)C1(C)CCCC1. The van der Waals surface area contributed by atoms with Gasteiger partial charge in [-0.25, -0.2) is 0 Å². The lowest BCUT2D eigenvalue weighted by Gasteiger charge is -2.30. The van der Waals surface area contributed by atoms with Crippen molar-refractivity contribution in [3.8, 4) is 0 Å². The Balaban J connectivity index is 2.49. The van der Waals surface area contributed by atoms with Crippen LogP contribution in [0, 0.1) is 11.3 Å². The first-order valence-corrected chi connectivity index (χ1v) is 4.69. The zero-order chi connectivity index (χ0) is 7.61. The smallest absolute Gasteiger partial charge is 0.0300 e. The molecule has 0 saturated heterocycles. The molecule has 0 aliphatic heterocycles. The predicted octanol–water partition coefficient (Wildman–Crippen LogP) is 3.61. The molecule has 0 aromatic carbocycles. The highest BCUT2D eigenvalue weighted by molar-refractivity contribution is 4.83. The second-order valence-electron chi connectivity index (χ2n) is 4.17. The van der Waals surface area contributed by atoms with Gasteiger partial charge in [-0.3, -0.25) is 0 Å². The summed E-state index contributed by atoms with van der Waals surface area (Å²) in [5, 5.41) is 0. The van der Waals surface area contributed by atoms with Crippen molar-refractivity contribution in [3.63, 3.8) is 0 Å². The van der Waals surface area contributed by atoms with E-state index in [1.54, 1.807) is 0 Å². The van der Waals surface area contributed by atoms with Gasteiger partial charge in [0, 0.05) is 0 Å². The van der Waals surface area contributed by atoms with Gasteiger partial charge in [0.1, 0.15) is 0 Å². The van der Waals surface area contributed by atoms with Crippen molar-refractivity contribution >= 4 is 0 Å². The van der Waals surface area contributed by atoms with Gasteiger partial charge in [-0.2, -0.15) is 0 Å². The maximum atomic E-state index is 2.47. The van der Waals surface area contributed by atoms with Crippen molar-refractivity contribution in [1.29, 1.82) is 0 Å². The first-order chi connectivity index (χ1) is 4.69. The molecule has 1 rings (SSSR count). The Morgan fingerprint density at radius 1 is 1.30 bits per heavy atom. The summed E-state index contributed by atoms with van der Waals surface area (Å²) in [5.74, 6) is 0.940. The van der Waals surface area contributed by atoms with Crippen LogP contribution in [-0.4, -0.2) is 0 Å². The fraction of sp³-hybridized carbons (Fsp3) is 1.00. The van der Waals surface area contributed by atoms with Gasteiger partial charge >= 0.3 is 0 Å². The lowest BCUT2D eigenvalue weighted by atomic mass is 9.75. The molecule has 10 heavy (non-hydrogen) atoms. The van der Waals surface area contributed by atoms with Crippen LogP contribution in [0.3, 0.4) is 0 Å². The highest BCUT2D eigenvalue weighted by Crippen LogP contribution is 2.44. The van der Waals surface area contributed by atoms with Gasteiger partial charge in [0.2, 0.25) is 0 Å². The minimum absolute atomic E-state index is 0.703. The molecule has 0 radical (unpaired) electrons. The van der Waals surface area contributed by atoms with Gasteiger partial charge in [0.05, 0.1) is 0 Å². The summed E-state index contributed by atoms with van der Waals surface area (Å²) >= 11 is 0. The van der Waals surface area contributed by atoms with Gasteiger partial charge < -0.3 is 0 Å². The van der Waals surface area contributed by atoms with Crippen LogP contribution in [0.5, 0.6) is 0 Å². The molecule has 0 bridgehead atoms. The van der Waals surface area contributed by atoms with Gasteiger partial charge in [-0.15, -0.1) is 0 Å². The molecule has 0 amide bonds. The normalized spacial score (nSPS) is 26.7. The Kier molecular flexibility index (Phi) is 2.38. The highest BCUT2D eigenvalue weighted by Gasteiger charge is 2.32. The molecule has 0 aromatic rings. The second kappa shape index (κ2) is 2.94. The number of rotatable bonds is 2. The molecule has 0 N–H and O–H groups in total. The minimum Gasteiger partial charge on any atom is -0.0651 e. The highest BCUT2D eigenvalue weighted by atomic mass is 14.4. The van der Waals surface area contributed by atoms with E-state index in [9.17, 15) is 0 Å². The van der Waals surface area contributed by atoms with Crippen LogP contribution in [0.15, 0.2) is 0 Å². The van der Waals surface area contributed by atoms with Crippen molar-refractivity contribution in [2.24, 2.45) is 11.3 Å². The summed E-state index contributed by atoms with van der Waals surface area (Å²) in [6.45, 7) is 7.19. The lowest BCUT2D eigenvalue weighted by Crippen LogP contribution is -2.20. The maximum Gasteiger partial charge on any atom is -0.0300 e. The average Bonchev–Trinajstić information content (AvgIpc) is 2.36. The van der Waals surface area contributed by atoms with Gasteiger partial charge in [0.25, 0.3) is 0 Å². The predicted molar refractivity (Wildman–Crippen MR) is 46.0 cm³/mol. The van der Waals surface area contributed by atoms with E-state index in [-0.39, 0.29) is 0 Å². The molecule has 60 valence electrons. The fourth-order valence-electron chi connectivity index (χ4n) is 2.17. The largest absolute Gasteiger partial charge is 0.0651 e. The molecule has 1 aliphatic carbocycles. The summed E-state index contributed by atoms with van der Waals surface area (Å²) < 4.78 is 0. The molecule has 0 heterocycles. The van der Waals surface area contributed by atoms with Crippen molar-refractivity contribution < 1.29 is 0 Å². The van der Waals surface area contributed by atoms with Crippen LogP contribution in [-0.2, 0) is 0 Å². The van der Waals surface area contributed by atoms with Crippen LogP contribution in [0.4, 0.5) is 0 Å². The van der Waals surface area contributed by atoms with E-state index < -0.39 is 0 Å². The van der Waals surface area contributed by atoms with E-state index in [1.165, 1.54) is 32.1 Å². The average molecular weight is 140 g/mol. The molecular formula is C10H20. The van der Waals surface area contributed by atoms with Crippen molar-refractivity contribution in [1.82, 2.24) is 0 Å². The first kappa shape index (κ1) is 8.10. The molecule has 1 unspecified atom stereocenters. The van der Waals surface area contributed by atoms with E-state index in [2.05, 4.69) is 20.8 Å². The summed E-state index contributed by atoms with van der Waals surface area (Å²) in [4.78, 5) is 0. The van der Waals surface area contributed by atoms with Crippen LogP contribution >= 0.6 is 0 Å². The van der Waals surface area contributed by atoms with Crippen LogP contribution in [0.2, 0.25) is 0 Å². The van der Waals surface area contributed by atoms with E-state index in [4.69, 9.17) is 0 Å². The molecule has 1 atom stereocenters. The Morgan fingerprint density at radius 3 is 2.20 bits per heavy atom. The number of hydrogen-bond donors (Lipinski definition) is 0. The standard InChI is InChI=1S/C10H20/c1-4-9(2)10(3)7-5-6-8-10/h9H,4-8H2,1-3H3. The second-order valence-corrected chi connectivity index (χ2v) is 4.17. The summed E-state index contributed by atoms with van der Waals surface area (Å²) in [6.07, 6.45) is 7.25. The molecule has 1 saturated carbocycles. The monoisotopic (exact) mass is 140 g/mol. The molecule has 0 heteroatoms. The fourth-order valence-corrected chi connectivity index (χ4v) is 2.17. The van der Waals surface area contributed by atoms with Crippen LogP contribution < -0.4 is 0 Å². The van der Waals surface area contributed by atoms with Gasteiger partial charge in [0.15, 0.2) is 0 Å². The summed E-state index contributed by atoms with van der Waals surface area (Å²) in [5.41, 5.74) is 0.703. The summed E-state index contributed by atoms with van der Waals surface area (Å²) in [6, 6.07) is 0. The quantitative estimate of drug-likeness (QED) is 0.549. The molecule has 1 fully saturated rings. The first-order valence-electron chi connectivity index (χ1n) is 4.69. The van der Waals surface area contributed by atoms with E-state index in [0.717, 1.165) is 5.92 Å². The van der Waals surface area contributed by atoms with E-state index in [0.29, 0.717) is 5.41 Å². The van der Waals surface area contributed by atoms with Gasteiger partial charge in [-0.05, 0) is 24.2 Å². The minimum atomic E-state index is 0.703. The zero-order valence-corrected chi connectivity index (χ0v) is 7.61. The third-order valence-corrected chi connectivity index (χ3v) is 3.55. The Morgan fingerprint density at radius 2 is 1.80 bits per heavy atom. The molecule has 0 nitrogen and oxygen atoms in total. The van der Waals surface area contributed by atoms with Crippen LogP contribution in [0.1, 0.15) is 52.9 Å². The third kappa shape index (κ3) is 1.36. The molecule has 0 aromatic heterocycles. The Labute approximate surface area is 65.0 Å². The van der Waals surface area contributed by atoms with E-state index >= 15 is 0 Å².